The first kappa shape index (κ1) is 7.92. The van der Waals surface area contributed by atoms with E-state index in [0.717, 1.165) is 26.3 Å². The van der Waals surface area contributed by atoms with Crippen LogP contribution >= 0.6 is 0 Å². The first-order valence-corrected chi connectivity index (χ1v) is 2.66. The quantitative estimate of drug-likeness (QED) is 0.460. The molecule has 0 aliphatic carbocycles. The van der Waals surface area contributed by atoms with Gasteiger partial charge in [0.15, 0.2) is 0 Å². The Morgan fingerprint density at radius 1 is 1.25 bits per heavy atom. The summed E-state index contributed by atoms with van der Waals surface area (Å²) < 4.78 is 5.10. The molecule has 0 N–H and O–H groups in total. The van der Waals surface area contributed by atoms with Crippen molar-refractivity contribution in [2.24, 2.45) is 0 Å². The zero-order chi connectivity index (χ0) is 5.11. The number of morpholine rings is 1. The van der Waals surface area contributed by atoms with Gasteiger partial charge in [-0.3, -0.25) is 0 Å². The number of likely N-dealkylation sites (N-methyl/N-ethyl adjacent to an activating group) is 1. The van der Waals surface area contributed by atoms with Crippen molar-refractivity contribution in [3.63, 3.8) is 0 Å². The largest absolute Gasteiger partial charge is 0.379 e. The average molecular weight is 117 g/mol. The van der Waals surface area contributed by atoms with E-state index in [2.05, 4.69) is 11.9 Å². The van der Waals surface area contributed by atoms with Gasteiger partial charge in [0, 0.05) is 13.1 Å². The van der Waals surface area contributed by atoms with Crippen molar-refractivity contribution in [1.29, 1.82) is 0 Å². The fourth-order valence-corrected chi connectivity index (χ4v) is 0.655. The van der Waals surface area contributed by atoms with Crippen molar-refractivity contribution in [3.8, 4) is 0 Å². The van der Waals surface area contributed by atoms with Gasteiger partial charge in [0.25, 0.3) is 0 Å². The second kappa shape index (κ2) is 3.87. The summed E-state index contributed by atoms with van der Waals surface area (Å²) in [6.45, 7) is 4.02. The third kappa shape index (κ3) is 2.28. The monoisotopic (exact) mass is 117 g/mol. The minimum atomic E-state index is 0. The van der Waals surface area contributed by atoms with E-state index in [9.17, 15) is 0 Å². The maximum Gasteiger partial charge on any atom is 0.0594 e. The summed E-state index contributed by atoms with van der Waals surface area (Å²) in [5, 5.41) is 0. The van der Waals surface area contributed by atoms with Crippen LogP contribution in [-0.4, -0.2) is 38.3 Å². The first-order chi connectivity index (χ1) is 3.39. The Kier molecular flexibility index (Phi) is 3.83. The Balaban J connectivity index is 0.000000490. The lowest BCUT2D eigenvalue weighted by Crippen LogP contribution is -2.32. The van der Waals surface area contributed by atoms with Gasteiger partial charge in [-0.1, -0.05) is 7.43 Å². The summed E-state index contributed by atoms with van der Waals surface area (Å²) in [6, 6.07) is 0. The molecular weight excluding hydrogens is 102 g/mol. The topological polar surface area (TPSA) is 12.5 Å². The molecule has 0 spiro atoms. The third-order valence-corrected chi connectivity index (χ3v) is 1.23. The third-order valence-electron chi connectivity index (χ3n) is 1.23. The molecule has 8 heavy (non-hydrogen) atoms. The molecule has 1 aliphatic heterocycles. The molecule has 0 unspecified atom stereocenters. The van der Waals surface area contributed by atoms with Gasteiger partial charge in [-0.15, -0.1) is 0 Å². The highest BCUT2D eigenvalue weighted by atomic mass is 16.5. The lowest BCUT2D eigenvalue weighted by Gasteiger charge is -2.21. The Hall–Kier alpha value is -0.0800. The van der Waals surface area contributed by atoms with E-state index in [-0.39, 0.29) is 7.43 Å². The smallest absolute Gasteiger partial charge is 0.0594 e. The minimum absolute atomic E-state index is 0. The minimum Gasteiger partial charge on any atom is -0.379 e. The second-order valence-corrected chi connectivity index (χ2v) is 1.92. The van der Waals surface area contributed by atoms with Crippen molar-refractivity contribution in [2.45, 2.75) is 7.43 Å². The fourth-order valence-electron chi connectivity index (χ4n) is 0.655. The van der Waals surface area contributed by atoms with Crippen LogP contribution in [0.2, 0.25) is 0 Å². The Labute approximate surface area is 51.4 Å². The van der Waals surface area contributed by atoms with Crippen LogP contribution in [0.25, 0.3) is 0 Å². The molecule has 0 radical (unpaired) electrons. The van der Waals surface area contributed by atoms with Crippen molar-refractivity contribution < 1.29 is 4.74 Å². The molecule has 0 saturated carbocycles. The number of rotatable bonds is 0. The standard InChI is InChI=1S/C5H11NO.CH4/c1-6-2-4-7-5-3-6;/h2-5H2,1H3;1H4. The fraction of sp³-hybridized carbons (Fsp3) is 1.00. The lowest BCUT2D eigenvalue weighted by molar-refractivity contribution is 0.0503. The molecular formula is C6H15NO. The maximum atomic E-state index is 5.10. The summed E-state index contributed by atoms with van der Waals surface area (Å²) in [5.41, 5.74) is 0. The normalized spacial score (nSPS) is 22.1. The molecule has 1 saturated heterocycles. The van der Waals surface area contributed by atoms with E-state index >= 15 is 0 Å². The van der Waals surface area contributed by atoms with Crippen LogP contribution in [0.15, 0.2) is 0 Å². The van der Waals surface area contributed by atoms with Crippen molar-refractivity contribution in [3.05, 3.63) is 0 Å². The average Bonchev–Trinajstić information content (AvgIpc) is 1.69. The van der Waals surface area contributed by atoms with Crippen molar-refractivity contribution in [2.75, 3.05) is 33.4 Å². The molecule has 0 amide bonds. The number of nitrogens with zero attached hydrogens (tertiary/aromatic N) is 1. The zero-order valence-corrected chi connectivity index (χ0v) is 4.68. The predicted molar refractivity (Wildman–Crippen MR) is 35.0 cm³/mol. The molecule has 2 heteroatoms. The van der Waals surface area contributed by atoms with Crippen LogP contribution in [0.5, 0.6) is 0 Å². The number of hydrogen-bond acceptors (Lipinski definition) is 2. The maximum absolute atomic E-state index is 5.10. The summed E-state index contributed by atoms with van der Waals surface area (Å²) >= 11 is 0. The Bertz CT molecular complexity index is 50.5. The molecule has 1 heterocycles. The molecule has 0 bridgehead atoms. The highest BCUT2D eigenvalue weighted by molar-refractivity contribution is 4.53. The molecule has 0 aromatic rings. The van der Waals surface area contributed by atoms with Crippen LogP contribution in [-0.2, 0) is 4.74 Å². The van der Waals surface area contributed by atoms with Gasteiger partial charge in [0.1, 0.15) is 0 Å². The lowest BCUT2D eigenvalue weighted by atomic mass is 10.5. The summed E-state index contributed by atoms with van der Waals surface area (Å²) in [7, 11) is 2.11. The van der Waals surface area contributed by atoms with E-state index in [0.29, 0.717) is 0 Å². The van der Waals surface area contributed by atoms with Crippen LogP contribution in [0, 0.1) is 0 Å². The SMILES string of the molecule is C.CN1CCOCC1. The Morgan fingerprint density at radius 3 is 2.00 bits per heavy atom. The van der Waals surface area contributed by atoms with Crippen LogP contribution in [0.4, 0.5) is 0 Å². The highest BCUT2D eigenvalue weighted by Gasteiger charge is 2.02. The van der Waals surface area contributed by atoms with Gasteiger partial charge < -0.3 is 9.64 Å². The molecule has 2 nitrogen and oxygen atoms in total. The highest BCUT2D eigenvalue weighted by Crippen LogP contribution is 1.89. The Morgan fingerprint density at radius 2 is 1.75 bits per heavy atom. The number of ether oxygens (including phenoxy) is 1. The van der Waals surface area contributed by atoms with Gasteiger partial charge in [-0.05, 0) is 7.05 Å². The van der Waals surface area contributed by atoms with Gasteiger partial charge in [0.05, 0.1) is 13.2 Å². The molecule has 0 aromatic carbocycles. The number of hydrogen-bond donors (Lipinski definition) is 0. The second-order valence-electron chi connectivity index (χ2n) is 1.92. The molecule has 0 aromatic heterocycles. The van der Waals surface area contributed by atoms with Crippen LogP contribution in [0.3, 0.4) is 0 Å². The molecule has 1 rings (SSSR count). The van der Waals surface area contributed by atoms with E-state index < -0.39 is 0 Å². The van der Waals surface area contributed by atoms with E-state index in [1.807, 2.05) is 0 Å². The van der Waals surface area contributed by atoms with Gasteiger partial charge in [-0.25, -0.2) is 0 Å². The molecule has 0 atom stereocenters. The van der Waals surface area contributed by atoms with Crippen molar-refractivity contribution >= 4 is 0 Å². The molecule has 1 aliphatic rings. The van der Waals surface area contributed by atoms with Gasteiger partial charge in [-0.2, -0.15) is 0 Å². The van der Waals surface area contributed by atoms with Gasteiger partial charge >= 0.3 is 0 Å². The molecule has 1 fully saturated rings. The van der Waals surface area contributed by atoms with E-state index in [1.54, 1.807) is 0 Å². The predicted octanol–water partition coefficient (Wildman–Crippen LogP) is 0.585. The molecule has 50 valence electrons. The summed E-state index contributed by atoms with van der Waals surface area (Å²) in [5.74, 6) is 0. The summed E-state index contributed by atoms with van der Waals surface area (Å²) in [4.78, 5) is 2.27. The van der Waals surface area contributed by atoms with Crippen molar-refractivity contribution in [1.82, 2.24) is 4.90 Å². The first-order valence-electron chi connectivity index (χ1n) is 2.66. The summed E-state index contributed by atoms with van der Waals surface area (Å²) in [6.07, 6.45) is 0. The van der Waals surface area contributed by atoms with E-state index in [4.69, 9.17) is 4.74 Å². The zero-order valence-electron chi connectivity index (χ0n) is 4.68. The van der Waals surface area contributed by atoms with Crippen LogP contribution < -0.4 is 0 Å². The van der Waals surface area contributed by atoms with E-state index in [1.165, 1.54) is 0 Å². The van der Waals surface area contributed by atoms with Gasteiger partial charge in [0.2, 0.25) is 0 Å². The van der Waals surface area contributed by atoms with Crippen LogP contribution in [0.1, 0.15) is 7.43 Å².